The van der Waals surface area contributed by atoms with E-state index in [1.54, 1.807) is 4.90 Å². The van der Waals surface area contributed by atoms with E-state index in [0.717, 1.165) is 18.3 Å². The van der Waals surface area contributed by atoms with Gasteiger partial charge in [-0.3, -0.25) is 0 Å². The Morgan fingerprint density at radius 1 is 1.20 bits per heavy atom. The zero-order chi connectivity index (χ0) is 21.9. The first-order chi connectivity index (χ1) is 14.1. The number of alkyl halides is 5. The fraction of sp³-hybridized carbons (Fsp3) is 0.368. The number of rotatable bonds is 7. The molecule has 1 fully saturated rings. The van der Waals surface area contributed by atoms with Crippen molar-refractivity contribution in [3.63, 3.8) is 0 Å². The molecule has 1 aromatic heterocycles. The Hall–Kier alpha value is -2.95. The van der Waals surface area contributed by atoms with E-state index in [9.17, 15) is 26.7 Å². The van der Waals surface area contributed by atoms with Crippen LogP contribution in [0.15, 0.2) is 42.6 Å². The Morgan fingerprint density at radius 3 is 2.43 bits per heavy atom. The lowest BCUT2D eigenvalue weighted by molar-refractivity contribution is -0.137. The number of nitrogens with zero attached hydrogens (tertiary/aromatic N) is 2. The molecule has 0 aliphatic carbocycles. The van der Waals surface area contributed by atoms with E-state index in [2.05, 4.69) is 9.72 Å². The number of pyridine rings is 1. The van der Waals surface area contributed by atoms with Gasteiger partial charge in [0.2, 0.25) is 0 Å². The molecule has 0 spiro atoms. The molecule has 6 nitrogen and oxygen atoms in total. The minimum atomic E-state index is -4.46. The second-order valence-corrected chi connectivity index (χ2v) is 6.61. The summed E-state index contributed by atoms with van der Waals surface area (Å²) in [5.41, 5.74) is -0.843. The van der Waals surface area contributed by atoms with Crippen LogP contribution in [0.25, 0.3) is 0 Å². The maximum atomic E-state index is 12.7. The molecule has 1 aromatic carbocycles. The number of hydrogen-bond donors (Lipinski definition) is 1. The Labute approximate surface area is 167 Å². The second-order valence-electron chi connectivity index (χ2n) is 6.61. The van der Waals surface area contributed by atoms with Crippen LogP contribution in [0.5, 0.6) is 5.75 Å². The molecular formula is C19H17F5N2O4. The third kappa shape index (κ3) is 5.35. The number of benzene rings is 1. The average Bonchev–Trinajstić information content (AvgIpc) is 3.08. The third-order valence-corrected chi connectivity index (χ3v) is 4.56. The van der Waals surface area contributed by atoms with Gasteiger partial charge < -0.3 is 19.5 Å². The molecule has 0 saturated carbocycles. The Balaban J connectivity index is 1.73. The van der Waals surface area contributed by atoms with E-state index < -0.39 is 36.5 Å². The highest BCUT2D eigenvalue weighted by Gasteiger charge is 2.35. The van der Waals surface area contributed by atoms with Crippen LogP contribution in [0, 0.1) is 0 Å². The van der Waals surface area contributed by atoms with Crippen LogP contribution in [0.1, 0.15) is 22.3 Å². The number of aromatic nitrogens is 1. The highest BCUT2D eigenvalue weighted by atomic mass is 19.4. The van der Waals surface area contributed by atoms with Gasteiger partial charge in [-0.15, -0.1) is 0 Å². The Kier molecular flexibility index (Phi) is 6.40. The maximum absolute atomic E-state index is 12.7. The quantitative estimate of drug-likeness (QED) is 0.666. The topological polar surface area (TPSA) is 71.9 Å². The van der Waals surface area contributed by atoms with Crippen molar-refractivity contribution in [1.82, 2.24) is 4.98 Å². The van der Waals surface area contributed by atoms with Gasteiger partial charge in [-0.2, -0.15) is 22.0 Å². The van der Waals surface area contributed by atoms with Gasteiger partial charge >= 0.3 is 18.8 Å². The first-order valence-corrected chi connectivity index (χ1v) is 8.83. The van der Waals surface area contributed by atoms with Gasteiger partial charge in [0.15, 0.2) is 0 Å². The summed E-state index contributed by atoms with van der Waals surface area (Å²) in [4.78, 5) is 16.7. The normalized spacial score (nSPS) is 19.3. The van der Waals surface area contributed by atoms with Gasteiger partial charge in [-0.25, -0.2) is 9.78 Å². The van der Waals surface area contributed by atoms with Crippen molar-refractivity contribution in [1.29, 1.82) is 0 Å². The van der Waals surface area contributed by atoms with Crippen molar-refractivity contribution < 1.29 is 41.3 Å². The van der Waals surface area contributed by atoms with Gasteiger partial charge in [0.1, 0.15) is 17.7 Å². The van der Waals surface area contributed by atoms with Crippen molar-refractivity contribution in [2.75, 3.05) is 18.1 Å². The van der Waals surface area contributed by atoms with E-state index in [0.29, 0.717) is 5.82 Å². The summed E-state index contributed by atoms with van der Waals surface area (Å²) in [6.07, 6.45) is -3.58. The standard InChI is InChI=1S/C19H17F5N2O4/c20-18(21)29-10-13-7-15(30-14-4-2-12(3-5-14)19(22,23)24)9-26(13)16-6-1-11(8-25-16)17(27)28/h1-6,8,13,15,18H,7,9-10H2,(H,27,28)/t13-,15+/m0/s1. The molecule has 3 rings (SSSR count). The Morgan fingerprint density at radius 2 is 1.90 bits per heavy atom. The van der Waals surface area contributed by atoms with Crippen LogP contribution in [0.2, 0.25) is 0 Å². The predicted molar refractivity (Wildman–Crippen MR) is 94.8 cm³/mol. The number of anilines is 1. The zero-order valence-corrected chi connectivity index (χ0v) is 15.4. The van der Waals surface area contributed by atoms with Gasteiger partial charge in [-0.05, 0) is 36.4 Å². The van der Waals surface area contributed by atoms with Crippen LogP contribution in [-0.4, -0.2) is 48.0 Å². The minimum absolute atomic E-state index is 0.0316. The fourth-order valence-electron chi connectivity index (χ4n) is 3.18. The smallest absolute Gasteiger partial charge is 0.416 e. The van der Waals surface area contributed by atoms with Crippen LogP contribution in [-0.2, 0) is 10.9 Å². The van der Waals surface area contributed by atoms with Crippen molar-refractivity contribution in [2.24, 2.45) is 0 Å². The van der Waals surface area contributed by atoms with E-state index in [-0.39, 0.29) is 30.9 Å². The summed E-state index contributed by atoms with van der Waals surface area (Å²) in [6, 6.07) is 6.41. The first-order valence-electron chi connectivity index (χ1n) is 8.83. The predicted octanol–water partition coefficient (Wildman–Crippen LogP) is 4.06. The summed E-state index contributed by atoms with van der Waals surface area (Å²) in [5.74, 6) is -0.601. The molecule has 0 unspecified atom stereocenters. The molecule has 0 radical (unpaired) electrons. The highest BCUT2D eigenvalue weighted by Crippen LogP contribution is 2.32. The summed E-state index contributed by atoms with van der Waals surface area (Å²) < 4.78 is 73.1. The number of ether oxygens (including phenoxy) is 2. The number of carbonyl (C=O) groups is 1. The van der Waals surface area contributed by atoms with Gasteiger partial charge in [0.05, 0.1) is 30.3 Å². The molecule has 2 atom stereocenters. The molecule has 0 bridgehead atoms. The molecular weight excluding hydrogens is 415 g/mol. The summed E-state index contributed by atoms with van der Waals surface area (Å²) in [7, 11) is 0. The summed E-state index contributed by atoms with van der Waals surface area (Å²) in [6.45, 7) is -3.09. The van der Waals surface area contributed by atoms with Crippen LogP contribution < -0.4 is 9.64 Å². The monoisotopic (exact) mass is 432 g/mol. The van der Waals surface area contributed by atoms with E-state index >= 15 is 0 Å². The molecule has 30 heavy (non-hydrogen) atoms. The molecule has 162 valence electrons. The molecule has 1 saturated heterocycles. The molecule has 2 aromatic rings. The van der Waals surface area contributed by atoms with Gasteiger partial charge in [-0.1, -0.05) is 0 Å². The van der Waals surface area contributed by atoms with Crippen molar-refractivity contribution in [3.05, 3.63) is 53.7 Å². The number of carboxylic acids is 1. The van der Waals surface area contributed by atoms with Crippen molar-refractivity contribution in [3.8, 4) is 5.75 Å². The summed E-state index contributed by atoms with van der Waals surface area (Å²) in [5, 5.41) is 8.97. The van der Waals surface area contributed by atoms with Gasteiger partial charge in [0, 0.05) is 12.6 Å². The number of carboxylic acid groups (broad SMARTS) is 1. The lowest BCUT2D eigenvalue weighted by atomic mass is 10.2. The molecule has 1 aliphatic heterocycles. The van der Waals surface area contributed by atoms with Crippen LogP contribution >= 0.6 is 0 Å². The minimum Gasteiger partial charge on any atom is -0.489 e. The SMILES string of the molecule is O=C(O)c1ccc(N2C[C@H](Oc3ccc(C(F)(F)F)cc3)C[C@H]2COC(F)F)nc1. The van der Waals surface area contributed by atoms with E-state index in [1.165, 1.54) is 24.3 Å². The number of aromatic carboxylic acids is 1. The van der Waals surface area contributed by atoms with E-state index in [1.807, 2.05) is 0 Å². The summed E-state index contributed by atoms with van der Waals surface area (Å²) >= 11 is 0. The maximum Gasteiger partial charge on any atom is 0.416 e. The molecule has 1 aliphatic rings. The lowest BCUT2D eigenvalue weighted by Gasteiger charge is -2.25. The molecule has 0 amide bonds. The number of halogens is 5. The Bertz CT molecular complexity index is 859. The van der Waals surface area contributed by atoms with Crippen molar-refractivity contribution in [2.45, 2.75) is 31.4 Å². The highest BCUT2D eigenvalue weighted by molar-refractivity contribution is 5.87. The van der Waals surface area contributed by atoms with Crippen LogP contribution in [0.3, 0.4) is 0 Å². The molecule has 11 heteroatoms. The molecule has 1 N–H and O–H groups in total. The third-order valence-electron chi connectivity index (χ3n) is 4.56. The lowest BCUT2D eigenvalue weighted by Crippen LogP contribution is -2.34. The first kappa shape index (κ1) is 21.8. The zero-order valence-electron chi connectivity index (χ0n) is 15.4. The van der Waals surface area contributed by atoms with Crippen molar-refractivity contribution >= 4 is 11.8 Å². The second kappa shape index (κ2) is 8.82. The van der Waals surface area contributed by atoms with Gasteiger partial charge in [0.25, 0.3) is 0 Å². The molecule has 2 heterocycles. The fourth-order valence-corrected chi connectivity index (χ4v) is 3.18. The number of hydrogen-bond acceptors (Lipinski definition) is 5. The van der Waals surface area contributed by atoms with Crippen LogP contribution in [0.4, 0.5) is 27.8 Å². The average molecular weight is 432 g/mol. The van der Waals surface area contributed by atoms with E-state index in [4.69, 9.17) is 9.84 Å². The largest absolute Gasteiger partial charge is 0.489 e.